The molecule has 2 aromatic rings. The molecule has 2 N–H and O–H groups in total. The Kier molecular flexibility index (Phi) is 4.03. The van der Waals surface area contributed by atoms with E-state index in [1.54, 1.807) is 11.3 Å². The van der Waals surface area contributed by atoms with Gasteiger partial charge in [0.25, 0.3) is 0 Å². The van der Waals surface area contributed by atoms with Crippen LogP contribution in [0, 0.1) is 0 Å². The van der Waals surface area contributed by atoms with Crippen LogP contribution in [-0.4, -0.2) is 0 Å². The average Bonchev–Trinajstić information content (AvgIpc) is 2.68. The number of hydrogen-bond acceptors (Lipinski definition) is 2. The minimum absolute atomic E-state index is 0.00530. The summed E-state index contributed by atoms with van der Waals surface area (Å²) < 4.78 is 1.08. The average molecular weight is 317 g/mol. The molecular weight excluding hydrogens is 306 g/mol. The van der Waals surface area contributed by atoms with Crippen LogP contribution in [0.4, 0.5) is 0 Å². The Morgan fingerprint density at radius 3 is 2.69 bits per heavy atom. The molecule has 2 rings (SSSR count). The lowest BCUT2D eigenvalue weighted by molar-refractivity contribution is 0.734. The lowest BCUT2D eigenvalue weighted by atomic mass is 10.1. The summed E-state index contributed by atoms with van der Waals surface area (Å²) in [7, 11) is 0. The van der Waals surface area contributed by atoms with Crippen LogP contribution in [0.5, 0.6) is 0 Å². The minimum Gasteiger partial charge on any atom is -0.323 e. The molecule has 0 aliphatic rings. The van der Waals surface area contributed by atoms with E-state index in [2.05, 4.69) is 15.9 Å². The Bertz CT molecular complexity index is 483. The highest BCUT2D eigenvalue weighted by Gasteiger charge is 2.13. The molecule has 84 valence electrons. The van der Waals surface area contributed by atoms with Gasteiger partial charge in [0.15, 0.2) is 0 Å². The zero-order valence-electron chi connectivity index (χ0n) is 8.49. The molecular formula is C12H11BrClNS. The van der Waals surface area contributed by atoms with Crippen LogP contribution in [0.2, 0.25) is 5.02 Å². The van der Waals surface area contributed by atoms with Gasteiger partial charge >= 0.3 is 0 Å². The topological polar surface area (TPSA) is 26.0 Å². The third-order valence-corrected chi connectivity index (χ3v) is 4.75. The Morgan fingerprint density at radius 2 is 2.06 bits per heavy atom. The summed E-state index contributed by atoms with van der Waals surface area (Å²) in [6.07, 6.45) is 0.763. The minimum atomic E-state index is -0.00530. The van der Waals surface area contributed by atoms with Gasteiger partial charge in [-0.3, -0.25) is 0 Å². The van der Waals surface area contributed by atoms with Crippen molar-refractivity contribution in [2.75, 3.05) is 0 Å². The Morgan fingerprint density at radius 1 is 1.31 bits per heavy atom. The molecule has 16 heavy (non-hydrogen) atoms. The van der Waals surface area contributed by atoms with Crippen LogP contribution >= 0.6 is 38.9 Å². The third kappa shape index (κ3) is 2.66. The van der Waals surface area contributed by atoms with Gasteiger partial charge in [-0.1, -0.05) is 29.8 Å². The molecule has 0 amide bonds. The molecule has 1 aromatic carbocycles. The van der Waals surface area contributed by atoms with Gasteiger partial charge in [0, 0.05) is 20.4 Å². The first-order valence-electron chi connectivity index (χ1n) is 4.90. The van der Waals surface area contributed by atoms with E-state index < -0.39 is 0 Å². The largest absolute Gasteiger partial charge is 0.323 e. The zero-order chi connectivity index (χ0) is 11.5. The zero-order valence-corrected chi connectivity index (χ0v) is 11.6. The molecule has 0 radical (unpaired) electrons. The fourth-order valence-corrected chi connectivity index (χ4v) is 3.45. The van der Waals surface area contributed by atoms with Crippen molar-refractivity contribution in [2.45, 2.75) is 12.5 Å². The molecule has 0 spiro atoms. The normalized spacial score (nSPS) is 12.7. The van der Waals surface area contributed by atoms with Gasteiger partial charge in [0.1, 0.15) is 0 Å². The summed E-state index contributed by atoms with van der Waals surface area (Å²) in [6, 6.07) is 9.84. The standard InChI is InChI=1S/C12H11BrClNS/c13-9-5-6-16-12(9)11(15)7-8-3-1-2-4-10(8)14/h1-6,11H,7,15H2. The molecule has 0 aliphatic heterocycles. The van der Waals surface area contributed by atoms with Crippen LogP contribution in [0.1, 0.15) is 16.5 Å². The number of thiophene rings is 1. The van der Waals surface area contributed by atoms with E-state index in [1.165, 1.54) is 4.88 Å². The van der Waals surface area contributed by atoms with Gasteiger partial charge in [-0.15, -0.1) is 11.3 Å². The fourth-order valence-electron chi connectivity index (χ4n) is 1.56. The molecule has 1 heterocycles. The molecule has 0 fully saturated rings. The first-order valence-corrected chi connectivity index (χ1v) is 6.95. The summed E-state index contributed by atoms with van der Waals surface area (Å²) in [5.74, 6) is 0. The third-order valence-electron chi connectivity index (χ3n) is 2.38. The van der Waals surface area contributed by atoms with Crippen LogP contribution in [0.15, 0.2) is 40.2 Å². The Balaban J connectivity index is 2.17. The van der Waals surface area contributed by atoms with E-state index in [-0.39, 0.29) is 6.04 Å². The first kappa shape index (κ1) is 12.1. The lowest BCUT2D eigenvalue weighted by Crippen LogP contribution is -2.12. The van der Waals surface area contributed by atoms with Crippen molar-refractivity contribution in [2.24, 2.45) is 5.73 Å². The Labute approximate surface area is 112 Å². The SMILES string of the molecule is NC(Cc1ccccc1Cl)c1sccc1Br. The van der Waals surface area contributed by atoms with Crippen molar-refractivity contribution < 1.29 is 0 Å². The second kappa shape index (κ2) is 5.32. The first-order chi connectivity index (χ1) is 7.68. The molecule has 0 saturated carbocycles. The highest BCUT2D eigenvalue weighted by Crippen LogP contribution is 2.30. The summed E-state index contributed by atoms with van der Waals surface area (Å²) in [4.78, 5) is 1.17. The molecule has 1 unspecified atom stereocenters. The predicted molar refractivity (Wildman–Crippen MR) is 74.1 cm³/mol. The molecule has 1 atom stereocenters. The van der Waals surface area contributed by atoms with Crippen LogP contribution in [0.25, 0.3) is 0 Å². The van der Waals surface area contributed by atoms with Crippen molar-refractivity contribution in [1.29, 1.82) is 0 Å². The second-order valence-electron chi connectivity index (χ2n) is 3.53. The van der Waals surface area contributed by atoms with E-state index in [0.717, 1.165) is 21.5 Å². The summed E-state index contributed by atoms with van der Waals surface area (Å²) >= 11 is 11.3. The van der Waals surface area contributed by atoms with Crippen LogP contribution in [0.3, 0.4) is 0 Å². The van der Waals surface area contributed by atoms with Crippen molar-refractivity contribution in [3.8, 4) is 0 Å². The van der Waals surface area contributed by atoms with Gasteiger partial charge in [-0.2, -0.15) is 0 Å². The lowest BCUT2D eigenvalue weighted by Gasteiger charge is -2.11. The van der Waals surface area contributed by atoms with E-state index in [1.807, 2.05) is 35.7 Å². The molecule has 0 bridgehead atoms. The summed E-state index contributed by atoms with van der Waals surface area (Å²) in [6.45, 7) is 0. The summed E-state index contributed by atoms with van der Waals surface area (Å²) in [5, 5.41) is 2.82. The number of benzene rings is 1. The number of hydrogen-bond donors (Lipinski definition) is 1. The van der Waals surface area contributed by atoms with Crippen LogP contribution in [-0.2, 0) is 6.42 Å². The molecule has 1 aromatic heterocycles. The fraction of sp³-hybridized carbons (Fsp3) is 0.167. The molecule has 1 nitrogen and oxygen atoms in total. The molecule has 0 saturated heterocycles. The second-order valence-corrected chi connectivity index (χ2v) is 5.74. The maximum Gasteiger partial charge on any atom is 0.0442 e. The van der Waals surface area contributed by atoms with Gasteiger partial charge in [0.05, 0.1) is 0 Å². The van der Waals surface area contributed by atoms with E-state index >= 15 is 0 Å². The van der Waals surface area contributed by atoms with E-state index in [0.29, 0.717) is 0 Å². The number of nitrogens with two attached hydrogens (primary N) is 1. The highest BCUT2D eigenvalue weighted by molar-refractivity contribution is 9.10. The summed E-state index contributed by atoms with van der Waals surface area (Å²) in [5.41, 5.74) is 7.26. The highest BCUT2D eigenvalue weighted by atomic mass is 79.9. The quantitative estimate of drug-likeness (QED) is 0.892. The van der Waals surface area contributed by atoms with Gasteiger partial charge < -0.3 is 5.73 Å². The predicted octanol–water partition coefficient (Wildman–Crippen LogP) is 4.41. The van der Waals surface area contributed by atoms with E-state index in [4.69, 9.17) is 17.3 Å². The van der Waals surface area contributed by atoms with Crippen molar-refractivity contribution >= 4 is 38.9 Å². The van der Waals surface area contributed by atoms with Crippen LogP contribution < -0.4 is 5.73 Å². The smallest absolute Gasteiger partial charge is 0.0442 e. The van der Waals surface area contributed by atoms with Crippen molar-refractivity contribution in [1.82, 2.24) is 0 Å². The van der Waals surface area contributed by atoms with Gasteiger partial charge in [-0.05, 0) is 45.4 Å². The van der Waals surface area contributed by atoms with Gasteiger partial charge in [-0.25, -0.2) is 0 Å². The van der Waals surface area contributed by atoms with Crippen molar-refractivity contribution in [3.05, 3.63) is 55.6 Å². The maximum absolute atomic E-state index is 6.16. The Hall–Kier alpha value is -0.350. The number of rotatable bonds is 3. The van der Waals surface area contributed by atoms with E-state index in [9.17, 15) is 0 Å². The van der Waals surface area contributed by atoms with Gasteiger partial charge in [0.2, 0.25) is 0 Å². The molecule has 4 heteroatoms. The monoisotopic (exact) mass is 315 g/mol. The molecule has 0 aliphatic carbocycles. The maximum atomic E-state index is 6.16. The number of halogens is 2. The van der Waals surface area contributed by atoms with Crippen molar-refractivity contribution in [3.63, 3.8) is 0 Å².